The summed E-state index contributed by atoms with van der Waals surface area (Å²) in [5, 5.41) is 9.77. The molecule has 2 nitrogen and oxygen atoms in total. The summed E-state index contributed by atoms with van der Waals surface area (Å²) in [7, 11) is 0. The van der Waals surface area contributed by atoms with Crippen LogP contribution in [0.15, 0.2) is 18.2 Å². The van der Waals surface area contributed by atoms with Crippen LogP contribution in [0.5, 0.6) is 0 Å². The first-order valence-electron chi connectivity index (χ1n) is 6.10. The lowest BCUT2D eigenvalue weighted by Gasteiger charge is -2.24. The molecule has 1 aliphatic rings. The molecule has 2 atom stereocenters. The number of rotatable bonds is 3. The summed E-state index contributed by atoms with van der Waals surface area (Å²) in [6, 6.07) is 4.43. The smallest absolute Gasteiger partial charge is 0.309 e. The second kappa shape index (κ2) is 4.88. The van der Waals surface area contributed by atoms with Crippen molar-refractivity contribution in [1.82, 2.24) is 0 Å². The molecule has 4 heteroatoms. The predicted molar refractivity (Wildman–Crippen MR) is 68.2 cm³/mol. The fourth-order valence-corrected chi connectivity index (χ4v) is 3.01. The summed E-state index contributed by atoms with van der Waals surface area (Å²) in [4.78, 5) is 11.5. The number of benzene rings is 1. The van der Waals surface area contributed by atoms with Crippen molar-refractivity contribution in [2.45, 2.75) is 32.6 Å². The fourth-order valence-electron chi connectivity index (χ4n) is 2.85. The van der Waals surface area contributed by atoms with Crippen molar-refractivity contribution in [2.75, 3.05) is 0 Å². The molecule has 2 rings (SSSR count). The van der Waals surface area contributed by atoms with Crippen LogP contribution in [0.3, 0.4) is 0 Å². The maximum atomic E-state index is 13.8. The van der Waals surface area contributed by atoms with Crippen LogP contribution in [-0.2, 0) is 11.2 Å². The van der Waals surface area contributed by atoms with E-state index >= 15 is 0 Å². The van der Waals surface area contributed by atoms with E-state index in [9.17, 15) is 14.3 Å². The first-order chi connectivity index (χ1) is 8.43. The van der Waals surface area contributed by atoms with Gasteiger partial charge in [0.1, 0.15) is 5.82 Å². The highest BCUT2D eigenvalue weighted by Crippen LogP contribution is 2.44. The Bertz CT molecular complexity index is 475. The highest BCUT2D eigenvalue weighted by Gasteiger charge is 2.44. The first-order valence-corrected chi connectivity index (χ1v) is 6.48. The summed E-state index contributed by atoms with van der Waals surface area (Å²) >= 11 is 5.70. The molecule has 0 amide bonds. The predicted octanol–water partition coefficient (Wildman–Crippen LogP) is 3.91. The van der Waals surface area contributed by atoms with Gasteiger partial charge in [-0.05, 0) is 49.3 Å². The third kappa shape index (κ3) is 2.51. The molecule has 0 aromatic heterocycles. The van der Waals surface area contributed by atoms with Crippen LogP contribution in [0.4, 0.5) is 4.39 Å². The van der Waals surface area contributed by atoms with Crippen LogP contribution < -0.4 is 0 Å². The summed E-state index contributed by atoms with van der Waals surface area (Å²) in [6.07, 6.45) is 2.37. The normalized spacial score (nSPS) is 27.4. The van der Waals surface area contributed by atoms with Gasteiger partial charge in [-0.1, -0.05) is 24.6 Å². The number of aliphatic carboxylic acids is 1. The minimum absolute atomic E-state index is 0.246. The van der Waals surface area contributed by atoms with Gasteiger partial charge in [-0.15, -0.1) is 0 Å². The van der Waals surface area contributed by atoms with Gasteiger partial charge in [-0.3, -0.25) is 4.79 Å². The van der Waals surface area contributed by atoms with Crippen LogP contribution >= 0.6 is 11.6 Å². The molecule has 98 valence electrons. The molecule has 1 N–H and O–H groups in total. The highest BCUT2D eigenvalue weighted by molar-refractivity contribution is 6.30. The Kier molecular flexibility index (Phi) is 3.62. The highest BCUT2D eigenvalue weighted by atomic mass is 35.5. The maximum Gasteiger partial charge on any atom is 0.309 e. The molecule has 1 aromatic carbocycles. The largest absolute Gasteiger partial charge is 0.481 e. The molecule has 1 fully saturated rings. The number of carboxylic acid groups (broad SMARTS) is 1. The van der Waals surface area contributed by atoms with E-state index < -0.39 is 17.2 Å². The molecular formula is C14H16ClFO2. The fraction of sp³-hybridized carbons (Fsp3) is 0.500. The quantitative estimate of drug-likeness (QED) is 0.904. The number of hydrogen-bond donors (Lipinski definition) is 1. The molecule has 0 radical (unpaired) electrons. The molecule has 0 bridgehead atoms. The van der Waals surface area contributed by atoms with Crippen molar-refractivity contribution in [1.29, 1.82) is 0 Å². The molecule has 1 aliphatic carbocycles. The SMILES string of the molecule is CC1CCC(Cc2ccc(Cl)cc2F)(C(=O)O)C1. The molecule has 2 unspecified atom stereocenters. The minimum atomic E-state index is -0.818. The third-order valence-corrected chi connectivity index (χ3v) is 4.09. The van der Waals surface area contributed by atoms with Crippen molar-refractivity contribution in [3.8, 4) is 0 Å². The zero-order valence-electron chi connectivity index (χ0n) is 10.2. The summed E-state index contributed by atoms with van der Waals surface area (Å²) in [6.45, 7) is 2.04. The van der Waals surface area contributed by atoms with Crippen LogP contribution in [0.1, 0.15) is 31.7 Å². The van der Waals surface area contributed by atoms with E-state index in [1.165, 1.54) is 6.07 Å². The molecule has 0 aliphatic heterocycles. The second-order valence-corrected chi connectivity index (χ2v) is 5.78. The lowest BCUT2D eigenvalue weighted by molar-refractivity contribution is -0.148. The van der Waals surface area contributed by atoms with E-state index in [4.69, 9.17) is 11.6 Å². The van der Waals surface area contributed by atoms with Crippen LogP contribution in [0.2, 0.25) is 5.02 Å². The second-order valence-electron chi connectivity index (χ2n) is 5.35. The van der Waals surface area contributed by atoms with Gasteiger partial charge in [0, 0.05) is 5.02 Å². The van der Waals surface area contributed by atoms with E-state index in [-0.39, 0.29) is 6.42 Å². The molecule has 0 spiro atoms. The minimum Gasteiger partial charge on any atom is -0.481 e. The number of carboxylic acids is 1. The Morgan fingerprint density at radius 2 is 2.33 bits per heavy atom. The Labute approximate surface area is 111 Å². The van der Waals surface area contributed by atoms with Gasteiger partial charge >= 0.3 is 5.97 Å². The Hall–Kier alpha value is -1.09. The number of halogens is 2. The molecule has 18 heavy (non-hydrogen) atoms. The lowest BCUT2D eigenvalue weighted by atomic mass is 9.79. The van der Waals surface area contributed by atoms with Crippen molar-refractivity contribution >= 4 is 17.6 Å². The topological polar surface area (TPSA) is 37.3 Å². The molecule has 0 heterocycles. The van der Waals surface area contributed by atoms with Gasteiger partial charge in [-0.2, -0.15) is 0 Å². The zero-order valence-corrected chi connectivity index (χ0v) is 11.0. The van der Waals surface area contributed by atoms with Crippen LogP contribution in [0, 0.1) is 17.2 Å². The van der Waals surface area contributed by atoms with Gasteiger partial charge in [0.15, 0.2) is 0 Å². The molecular weight excluding hydrogens is 255 g/mol. The van der Waals surface area contributed by atoms with Gasteiger partial charge < -0.3 is 5.11 Å². The van der Waals surface area contributed by atoms with E-state index in [0.717, 1.165) is 6.42 Å². The van der Waals surface area contributed by atoms with Crippen molar-refractivity contribution in [3.05, 3.63) is 34.6 Å². The maximum absolute atomic E-state index is 13.8. The van der Waals surface area contributed by atoms with Gasteiger partial charge in [-0.25, -0.2) is 4.39 Å². The van der Waals surface area contributed by atoms with Gasteiger partial charge in [0.05, 0.1) is 5.41 Å². The van der Waals surface area contributed by atoms with Crippen molar-refractivity contribution in [2.24, 2.45) is 11.3 Å². The Balaban J connectivity index is 2.27. The Morgan fingerprint density at radius 1 is 1.61 bits per heavy atom. The third-order valence-electron chi connectivity index (χ3n) is 3.85. The number of hydrogen-bond acceptors (Lipinski definition) is 1. The summed E-state index contributed by atoms with van der Waals surface area (Å²) < 4.78 is 13.8. The van der Waals surface area contributed by atoms with E-state index in [1.807, 2.05) is 6.92 Å². The van der Waals surface area contributed by atoms with Crippen LogP contribution in [0.25, 0.3) is 0 Å². The van der Waals surface area contributed by atoms with Crippen molar-refractivity contribution < 1.29 is 14.3 Å². The van der Waals surface area contributed by atoms with E-state index in [0.29, 0.717) is 29.3 Å². The van der Waals surface area contributed by atoms with E-state index in [2.05, 4.69) is 0 Å². The average Bonchev–Trinajstić information content (AvgIpc) is 2.66. The van der Waals surface area contributed by atoms with Gasteiger partial charge in [0.2, 0.25) is 0 Å². The number of carbonyl (C=O) groups is 1. The monoisotopic (exact) mass is 270 g/mol. The molecule has 1 aromatic rings. The lowest BCUT2D eigenvalue weighted by Crippen LogP contribution is -2.31. The molecule has 0 saturated heterocycles. The molecule has 1 saturated carbocycles. The van der Waals surface area contributed by atoms with Crippen LogP contribution in [-0.4, -0.2) is 11.1 Å². The van der Waals surface area contributed by atoms with E-state index in [1.54, 1.807) is 12.1 Å². The van der Waals surface area contributed by atoms with Gasteiger partial charge in [0.25, 0.3) is 0 Å². The zero-order chi connectivity index (χ0) is 13.3. The Morgan fingerprint density at radius 3 is 2.83 bits per heavy atom. The van der Waals surface area contributed by atoms with Crippen molar-refractivity contribution in [3.63, 3.8) is 0 Å². The standard InChI is InChI=1S/C14H16ClFO2/c1-9-4-5-14(7-9,13(17)18)8-10-2-3-11(15)6-12(10)16/h2-3,6,9H,4-5,7-8H2,1H3,(H,17,18). The summed E-state index contributed by atoms with van der Waals surface area (Å²) in [5.41, 5.74) is -0.371. The summed E-state index contributed by atoms with van der Waals surface area (Å²) in [5.74, 6) is -0.847. The first kappa shape index (κ1) is 13.3. The average molecular weight is 271 g/mol.